The normalized spacial score (nSPS) is 10.1. The van der Waals surface area contributed by atoms with E-state index in [1.807, 2.05) is 0 Å². The van der Waals surface area contributed by atoms with Crippen molar-refractivity contribution in [1.29, 1.82) is 0 Å². The maximum Gasteiger partial charge on any atom is 0.264 e. The molecule has 7 heteroatoms. The van der Waals surface area contributed by atoms with Gasteiger partial charge in [0.25, 0.3) is 5.91 Å². The summed E-state index contributed by atoms with van der Waals surface area (Å²) in [5.41, 5.74) is 0.331. The Bertz CT molecular complexity index is 642. The third kappa shape index (κ3) is 3.79. The summed E-state index contributed by atoms with van der Waals surface area (Å²) in [7, 11) is 0. The van der Waals surface area contributed by atoms with Gasteiger partial charge in [-0.15, -0.1) is 11.3 Å². The zero-order valence-corrected chi connectivity index (χ0v) is 12.1. The van der Waals surface area contributed by atoms with E-state index < -0.39 is 0 Å². The van der Waals surface area contributed by atoms with Crippen LogP contribution < -0.4 is 10.1 Å². The molecule has 2 rings (SSSR count). The molecule has 1 aromatic carbocycles. The fraction of sp³-hybridized carbons (Fsp3) is 0.154. The number of hydrogen-bond acceptors (Lipinski definition) is 5. The van der Waals surface area contributed by atoms with Gasteiger partial charge < -0.3 is 4.74 Å². The fourth-order valence-electron chi connectivity index (χ4n) is 1.35. The van der Waals surface area contributed by atoms with E-state index in [0.29, 0.717) is 21.6 Å². The molecule has 0 aliphatic rings. The number of aromatic nitrogens is 1. The van der Waals surface area contributed by atoms with Crippen LogP contribution in [-0.4, -0.2) is 23.3 Å². The molecule has 1 aromatic heterocycles. The topological polar surface area (TPSA) is 68.3 Å². The number of carbonyl (C=O) groups excluding carboxylic acids is 2. The average molecular weight is 311 g/mol. The first kappa shape index (κ1) is 14.5. The summed E-state index contributed by atoms with van der Waals surface area (Å²) in [6.07, 6.45) is 0. The monoisotopic (exact) mass is 310 g/mol. The Hall–Kier alpha value is -1.92. The number of benzene rings is 1. The van der Waals surface area contributed by atoms with Gasteiger partial charge in [0.15, 0.2) is 17.5 Å². The lowest BCUT2D eigenvalue weighted by molar-refractivity contribution is -0.118. The number of amides is 1. The molecule has 2 aromatic rings. The summed E-state index contributed by atoms with van der Waals surface area (Å²) in [6.45, 7) is 1.24. The van der Waals surface area contributed by atoms with Gasteiger partial charge in [0, 0.05) is 12.3 Å². The molecule has 20 heavy (non-hydrogen) atoms. The van der Waals surface area contributed by atoms with Crippen molar-refractivity contribution in [1.82, 2.24) is 4.98 Å². The van der Waals surface area contributed by atoms with Crippen molar-refractivity contribution in [3.05, 3.63) is 40.4 Å². The molecule has 0 aliphatic carbocycles. The van der Waals surface area contributed by atoms with Crippen molar-refractivity contribution in [2.24, 2.45) is 0 Å². The van der Waals surface area contributed by atoms with Crippen LogP contribution in [0.5, 0.6) is 5.75 Å². The number of ether oxygens (including phenoxy) is 1. The number of anilines is 1. The molecule has 0 saturated carbocycles. The Morgan fingerprint density at radius 3 is 2.80 bits per heavy atom. The third-order valence-electron chi connectivity index (χ3n) is 2.31. The highest BCUT2D eigenvalue weighted by atomic mass is 35.5. The molecule has 5 nitrogen and oxygen atoms in total. The number of carbonyl (C=O) groups is 2. The molecule has 0 saturated heterocycles. The molecule has 104 valence electrons. The quantitative estimate of drug-likeness (QED) is 0.862. The van der Waals surface area contributed by atoms with E-state index in [-0.39, 0.29) is 18.3 Å². The van der Waals surface area contributed by atoms with Crippen LogP contribution in [-0.2, 0) is 4.79 Å². The minimum Gasteiger partial charge on any atom is -0.482 e. The number of halogens is 1. The fourth-order valence-corrected chi connectivity index (χ4v) is 2.31. The van der Waals surface area contributed by atoms with Crippen LogP contribution in [0.15, 0.2) is 29.6 Å². The number of nitrogens with zero attached hydrogens (tertiary/aromatic N) is 1. The predicted molar refractivity (Wildman–Crippen MR) is 77.7 cm³/mol. The molecule has 0 atom stereocenters. The van der Waals surface area contributed by atoms with Crippen LogP contribution in [0, 0.1) is 0 Å². The Labute approximate surface area is 124 Å². The van der Waals surface area contributed by atoms with Crippen LogP contribution in [0.1, 0.15) is 17.4 Å². The van der Waals surface area contributed by atoms with Gasteiger partial charge in [-0.05, 0) is 12.1 Å². The van der Waals surface area contributed by atoms with Gasteiger partial charge in [0.05, 0.1) is 5.02 Å². The molecule has 0 radical (unpaired) electrons. The summed E-state index contributed by atoms with van der Waals surface area (Å²) in [4.78, 5) is 26.7. The largest absolute Gasteiger partial charge is 0.482 e. The van der Waals surface area contributed by atoms with E-state index >= 15 is 0 Å². The standard InChI is InChI=1S/C13H11ClN2O3S/c1-8(17)10-7-20-13(15-10)16-12(18)6-19-11-5-3-2-4-9(11)14/h2-5,7H,6H2,1H3,(H,15,16,18). The maximum absolute atomic E-state index is 11.7. The number of para-hydroxylation sites is 1. The van der Waals surface area contributed by atoms with E-state index in [2.05, 4.69) is 10.3 Å². The van der Waals surface area contributed by atoms with Crippen LogP contribution in [0.4, 0.5) is 5.13 Å². The minimum absolute atomic E-state index is 0.144. The second-order valence-electron chi connectivity index (χ2n) is 3.86. The lowest BCUT2D eigenvalue weighted by atomic mass is 10.3. The minimum atomic E-state index is -0.366. The van der Waals surface area contributed by atoms with Gasteiger partial charge in [-0.25, -0.2) is 4.98 Å². The zero-order valence-electron chi connectivity index (χ0n) is 10.6. The van der Waals surface area contributed by atoms with Gasteiger partial charge in [-0.2, -0.15) is 0 Å². The van der Waals surface area contributed by atoms with E-state index in [4.69, 9.17) is 16.3 Å². The molecule has 0 aliphatic heterocycles. The van der Waals surface area contributed by atoms with E-state index in [1.165, 1.54) is 18.3 Å². The molecule has 1 N–H and O–H groups in total. The number of rotatable bonds is 5. The van der Waals surface area contributed by atoms with E-state index in [0.717, 1.165) is 0 Å². The Morgan fingerprint density at radius 1 is 1.40 bits per heavy atom. The lowest BCUT2D eigenvalue weighted by Crippen LogP contribution is -2.20. The highest BCUT2D eigenvalue weighted by molar-refractivity contribution is 7.14. The lowest BCUT2D eigenvalue weighted by Gasteiger charge is -2.06. The van der Waals surface area contributed by atoms with Crippen molar-refractivity contribution in [2.45, 2.75) is 6.92 Å². The van der Waals surface area contributed by atoms with Crippen molar-refractivity contribution < 1.29 is 14.3 Å². The van der Waals surface area contributed by atoms with Crippen molar-refractivity contribution in [3.63, 3.8) is 0 Å². The Balaban J connectivity index is 1.89. The maximum atomic E-state index is 11.7. The van der Waals surface area contributed by atoms with Crippen molar-refractivity contribution in [2.75, 3.05) is 11.9 Å². The summed E-state index contributed by atoms with van der Waals surface area (Å²) in [5.74, 6) is -0.0729. The van der Waals surface area contributed by atoms with Gasteiger partial charge in [0.2, 0.25) is 0 Å². The molecular weight excluding hydrogens is 300 g/mol. The van der Waals surface area contributed by atoms with Gasteiger partial charge in [-0.1, -0.05) is 23.7 Å². The van der Waals surface area contributed by atoms with Crippen LogP contribution >= 0.6 is 22.9 Å². The number of hydrogen-bond donors (Lipinski definition) is 1. The first-order valence-electron chi connectivity index (χ1n) is 5.70. The van der Waals surface area contributed by atoms with Crippen molar-refractivity contribution >= 4 is 39.8 Å². The predicted octanol–water partition coefficient (Wildman–Crippen LogP) is 3.02. The highest BCUT2D eigenvalue weighted by Crippen LogP contribution is 2.23. The zero-order chi connectivity index (χ0) is 14.5. The second-order valence-corrected chi connectivity index (χ2v) is 5.13. The third-order valence-corrected chi connectivity index (χ3v) is 3.38. The van der Waals surface area contributed by atoms with Crippen LogP contribution in [0.3, 0.4) is 0 Å². The van der Waals surface area contributed by atoms with Crippen LogP contribution in [0.2, 0.25) is 5.02 Å². The summed E-state index contributed by atoms with van der Waals surface area (Å²) in [6, 6.07) is 6.88. The number of ketones is 1. The van der Waals surface area contributed by atoms with E-state index in [9.17, 15) is 9.59 Å². The highest BCUT2D eigenvalue weighted by Gasteiger charge is 2.10. The Kier molecular flexibility index (Phi) is 4.70. The van der Waals surface area contributed by atoms with Gasteiger partial charge in [0.1, 0.15) is 11.4 Å². The van der Waals surface area contributed by atoms with Crippen LogP contribution in [0.25, 0.3) is 0 Å². The average Bonchev–Trinajstić information content (AvgIpc) is 2.86. The first-order valence-corrected chi connectivity index (χ1v) is 6.95. The number of nitrogens with one attached hydrogen (secondary N) is 1. The molecule has 0 unspecified atom stereocenters. The van der Waals surface area contributed by atoms with Gasteiger partial charge in [-0.3, -0.25) is 14.9 Å². The summed E-state index contributed by atoms with van der Waals surface area (Å²) >= 11 is 7.09. The molecule has 1 heterocycles. The SMILES string of the molecule is CC(=O)c1csc(NC(=O)COc2ccccc2Cl)n1. The number of Topliss-reactive ketones (excluding diaryl/α,β-unsaturated/α-hetero) is 1. The first-order chi connectivity index (χ1) is 9.56. The second kappa shape index (κ2) is 6.49. The summed E-state index contributed by atoms with van der Waals surface area (Å²) in [5, 5.41) is 4.95. The smallest absolute Gasteiger partial charge is 0.264 e. The number of thiazole rings is 1. The molecule has 1 amide bonds. The molecule has 0 bridgehead atoms. The molecule has 0 spiro atoms. The molecular formula is C13H11ClN2O3S. The summed E-state index contributed by atoms with van der Waals surface area (Å²) < 4.78 is 5.29. The Morgan fingerprint density at radius 2 is 2.15 bits per heavy atom. The van der Waals surface area contributed by atoms with E-state index in [1.54, 1.807) is 29.6 Å². The van der Waals surface area contributed by atoms with Crippen molar-refractivity contribution in [3.8, 4) is 5.75 Å². The van der Waals surface area contributed by atoms with Gasteiger partial charge >= 0.3 is 0 Å². The molecule has 0 fully saturated rings.